The normalized spacial score (nSPS) is 14.8. The van der Waals surface area contributed by atoms with Gasteiger partial charge >= 0.3 is 5.69 Å². The van der Waals surface area contributed by atoms with Crippen LogP contribution in [0.25, 0.3) is 11.2 Å². The van der Waals surface area contributed by atoms with Crippen molar-refractivity contribution < 1.29 is 0 Å². The molecule has 2 aromatic rings. The highest BCUT2D eigenvalue weighted by molar-refractivity contribution is 5.69. The molecule has 0 amide bonds. The summed E-state index contributed by atoms with van der Waals surface area (Å²) in [6, 6.07) is 0.0594. The molecule has 30 heavy (non-hydrogen) atoms. The number of anilines is 1. The van der Waals surface area contributed by atoms with Gasteiger partial charge in [0, 0.05) is 32.7 Å². The van der Waals surface area contributed by atoms with Crippen LogP contribution < -0.4 is 21.9 Å². The highest BCUT2D eigenvalue weighted by Crippen LogP contribution is 2.29. The van der Waals surface area contributed by atoms with Gasteiger partial charge in [0.05, 0.1) is 0 Å². The number of fused-ring (bicyclic) bond motifs is 1. The van der Waals surface area contributed by atoms with E-state index in [0.717, 1.165) is 69.4 Å². The summed E-state index contributed by atoms with van der Waals surface area (Å²) in [6.45, 7) is 10.1. The van der Waals surface area contributed by atoms with E-state index in [2.05, 4.69) is 44.6 Å². The van der Waals surface area contributed by atoms with Gasteiger partial charge in [-0.15, -0.1) is 10.2 Å². The predicted molar refractivity (Wildman–Crippen MR) is 118 cm³/mol. The van der Waals surface area contributed by atoms with Gasteiger partial charge in [-0.25, -0.2) is 9.78 Å². The monoisotopic (exact) mass is 418 g/mol. The Morgan fingerprint density at radius 2 is 1.80 bits per heavy atom. The zero-order chi connectivity index (χ0) is 21.5. The fraction of sp³-hybridized carbons (Fsp3) is 0.750. The minimum Gasteiger partial charge on any atom is -0.353 e. The Balaban J connectivity index is 1.62. The fourth-order valence-electron chi connectivity index (χ4n) is 4.01. The summed E-state index contributed by atoms with van der Waals surface area (Å²) in [4.78, 5) is 32.0. The van der Waals surface area contributed by atoms with Gasteiger partial charge in [0.25, 0.3) is 5.56 Å². The summed E-state index contributed by atoms with van der Waals surface area (Å²) in [6.07, 6.45) is 4.88. The molecule has 0 saturated heterocycles. The second-order valence-electron chi connectivity index (χ2n) is 7.82. The molecule has 10 heteroatoms. The van der Waals surface area contributed by atoms with Gasteiger partial charge in [-0.3, -0.25) is 13.9 Å². The predicted octanol–water partition coefficient (Wildman–Crippen LogP) is 0.734. The minimum atomic E-state index is -0.430. The highest BCUT2D eigenvalue weighted by atomic mass is 16.2. The minimum absolute atomic E-state index is 0.0594. The molecule has 0 aromatic carbocycles. The van der Waals surface area contributed by atoms with E-state index in [0.29, 0.717) is 18.1 Å². The Morgan fingerprint density at radius 1 is 1.07 bits per heavy atom. The molecule has 10 nitrogen and oxygen atoms in total. The number of likely N-dealkylation sites (N-methyl/N-ethyl adjacent to an activating group) is 1. The average molecular weight is 419 g/mol. The van der Waals surface area contributed by atoms with Gasteiger partial charge in [-0.1, -0.05) is 26.7 Å². The van der Waals surface area contributed by atoms with Crippen molar-refractivity contribution in [1.29, 1.82) is 0 Å². The van der Waals surface area contributed by atoms with Gasteiger partial charge in [0.2, 0.25) is 5.95 Å². The molecule has 0 spiro atoms. The molecule has 2 aromatic heterocycles. The van der Waals surface area contributed by atoms with Gasteiger partial charge in [-0.05, 0) is 38.9 Å². The highest BCUT2D eigenvalue weighted by Gasteiger charge is 2.24. The third-order valence-corrected chi connectivity index (χ3v) is 5.90. The molecule has 1 fully saturated rings. The summed E-state index contributed by atoms with van der Waals surface area (Å²) in [5, 5.41) is 14.9. The Bertz CT molecular complexity index is 944. The van der Waals surface area contributed by atoms with Crippen LogP contribution in [0.5, 0.6) is 0 Å². The van der Waals surface area contributed by atoms with Crippen molar-refractivity contribution >= 4 is 17.1 Å². The van der Waals surface area contributed by atoms with Crippen LogP contribution in [0.4, 0.5) is 5.95 Å². The number of nitrogens with zero attached hydrogens (tertiary/aromatic N) is 6. The molecular weight excluding hydrogens is 384 g/mol. The van der Waals surface area contributed by atoms with Crippen LogP contribution in [0.1, 0.15) is 52.0 Å². The maximum absolute atomic E-state index is 12.7. The number of hydrogen-bond acceptors (Lipinski definition) is 8. The van der Waals surface area contributed by atoms with E-state index in [1.165, 1.54) is 7.05 Å². The van der Waals surface area contributed by atoms with Crippen LogP contribution >= 0.6 is 0 Å². The first-order valence-corrected chi connectivity index (χ1v) is 11.1. The van der Waals surface area contributed by atoms with Gasteiger partial charge in [0.1, 0.15) is 0 Å². The van der Waals surface area contributed by atoms with E-state index >= 15 is 0 Å². The lowest BCUT2D eigenvalue weighted by molar-refractivity contribution is 0.302. The molecule has 0 atom stereocenters. The van der Waals surface area contributed by atoms with Crippen molar-refractivity contribution in [2.24, 2.45) is 7.05 Å². The largest absolute Gasteiger partial charge is 0.353 e. The van der Waals surface area contributed by atoms with Gasteiger partial charge in [0.15, 0.2) is 11.2 Å². The lowest BCUT2D eigenvalue weighted by Gasteiger charge is -2.18. The molecule has 2 heterocycles. The molecule has 1 saturated carbocycles. The standard InChI is InChI=1S/C20H34N8O2/c1-4-27(5-2)14-13-21-11-8-12-22-19-23-16-17(24-25-19)28(15-9-6-7-10-15)20(30)26(3)18(16)29/h15,21H,4-14H2,1-3H3,(H,22,23,25). The van der Waals surface area contributed by atoms with Crippen LogP contribution in [0.15, 0.2) is 9.59 Å². The lowest BCUT2D eigenvalue weighted by atomic mass is 10.2. The first-order chi connectivity index (χ1) is 14.6. The summed E-state index contributed by atoms with van der Waals surface area (Å²) < 4.78 is 2.73. The second kappa shape index (κ2) is 10.6. The molecule has 2 N–H and O–H groups in total. The van der Waals surface area contributed by atoms with Crippen LogP contribution in [-0.2, 0) is 7.05 Å². The molecule has 166 valence electrons. The molecule has 1 aliphatic carbocycles. The lowest BCUT2D eigenvalue weighted by Crippen LogP contribution is -2.40. The molecule has 0 unspecified atom stereocenters. The Hall–Kier alpha value is -2.33. The van der Waals surface area contributed by atoms with Crippen LogP contribution in [0.2, 0.25) is 0 Å². The summed E-state index contributed by atoms with van der Waals surface area (Å²) in [7, 11) is 1.49. The van der Waals surface area contributed by atoms with E-state index in [-0.39, 0.29) is 17.2 Å². The molecule has 0 aliphatic heterocycles. The zero-order valence-corrected chi connectivity index (χ0v) is 18.4. The van der Waals surface area contributed by atoms with Crippen LogP contribution in [-0.4, -0.2) is 68.5 Å². The van der Waals surface area contributed by atoms with E-state index < -0.39 is 5.56 Å². The van der Waals surface area contributed by atoms with Crippen molar-refractivity contribution in [3.05, 3.63) is 20.8 Å². The Morgan fingerprint density at radius 3 is 2.50 bits per heavy atom. The summed E-state index contributed by atoms with van der Waals surface area (Å²) >= 11 is 0. The van der Waals surface area contributed by atoms with Gasteiger partial charge in [-0.2, -0.15) is 0 Å². The van der Waals surface area contributed by atoms with Crippen molar-refractivity contribution in [1.82, 2.24) is 34.5 Å². The van der Waals surface area contributed by atoms with E-state index in [4.69, 9.17) is 0 Å². The van der Waals surface area contributed by atoms with E-state index in [1.807, 2.05) is 0 Å². The van der Waals surface area contributed by atoms with E-state index in [1.54, 1.807) is 4.57 Å². The Kier molecular flexibility index (Phi) is 7.92. The topological polar surface area (TPSA) is 110 Å². The third-order valence-electron chi connectivity index (χ3n) is 5.90. The molecule has 0 bridgehead atoms. The molecule has 3 rings (SSSR count). The Labute approximate surface area is 176 Å². The first kappa shape index (κ1) is 22.4. The maximum Gasteiger partial charge on any atom is 0.332 e. The average Bonchev–Trinajstić information content (AvgIpc) is 3.29. The van der Waals surface area contributed by atoms with Crippen LogP contribution in [0, 0.1) is 0 Å². The fourth-order valence-corrected chi connectivity index (χ4v) is 4.01. The SMILES string of the molecule is CCN(CC)CCNCCCNc1nnc2c(n1)c(=O)n(C)c(=O)n2C1CCCC1. The number of aromatic nitrogens is 5. The van der Waals surface area contributed by atoms with Crippen molar-refractivity contribution in [3.8, 4) is 0 Å². The number of hydrogen-bond donors (Lipinski definition) is 2. The molecule has 0 radical (unpaired) electrons. The number of nitrogens with one attached hydrogen (secondary N) is 2. The maximum atomic E-state index is 12.7. The van der Waals surface area contributed by atoms with Crippen LogP contribution in [0.3, 0.4) is 0 Å². The second-order valence-corrected chi connectivity index (χ2v) is 7.82. The molecular formula is C20H34N8O2. The van der Waals surface area contributed by atoms with Crippen molar-refractivity contribution in [2.75, 3.05) is 44.6 Å². The van der Waals surface area contributed by atoms with Gasteiger partial charge < -0.3 is 15.5 Å². The quantitative estimate of drug-likeness (QED) is 0.514. The number of rotatable bonds is 11. The summed E-state index contributed by atoms with van der Waals surface area (Å²) in [5.41, 5.74) is -0.287. The van der Waals surface area contributed by atoms with Crippen molar-refractivity contribution in [2.45, 2.75) is 52.0 Å². The molecule has 1 aliphatic rings. The third kappa shape index (κ3) is 5.04. The first-order valence-electron chi connectivity index (χ1n) is 11.1. The zero-order valence-electron chi connectivity index (χ0n) is 18.4. The summed E-state index contributed by atoms with van der Waals surface area (Å²) in [5.74, 6) is 0.319. The smallest absolute Gasteiger partial charge is 0.332 e. The van der Waals surface area contributed by atoms with Crippen molar-refractivity contribution in [3.63, 3.8) is 0 Å². The van der Waals surface area contributed by atoms with E-state index in [9.17, 15) is 9.59 Å².